The number of carbonyl (C=O) groups is 1. The van der Waals surface area contributed by atoms with Crippen LogP contribution in [0.25, 0.3) is 0 Å². The van der Waals surface area contributed by atoms with Crippen molar-refractivity contribution in [3.63, 3.8) is 0 Å². The summed E-state index contributed by atoms with van der Waals surface area (Å²) >= 11 is 0. The molecule has 0 aliphatic heterocycles. The fraction of sp³-hybridized carbons (Fsp3) is 0.188. The van der Waals surface area contributed by atoms with E-state index in [-0.39, 0.29) is 10.6 Å². The number of amides is 1. The summed E-state index contributed by atoms with van der Waals surface area (Å²) in [6.07, 6.45) is 0. The van der Waals surface area contributed by atoms with Gasteiger partial charge in [-0.2, -0.15) is 0 Å². The summed E-state index contributed by atoms with van der Waals surface area (Å²) < 4.78 is 27.2. The second kappa shape index (κ2) is 7.50. The molecule has 0 aromatic heterocycles. The number of para-hydroxylation sites is 1. The number of aryl methyl sites for hydroxylation is 2. The van der Waals surface area contributed by atoms with Crippen LogP contribution in [0.15, 0.2) is 47.4 Å². The highest BCUT2D eigenvalue weighted by molar-refractivity contribution is 7.92. The van der Waals surface area contributed by atoms with E-state index in [2.05, 4.69) is 0 Å². The maximum atomic E-state index is 13.1. The van der Waals surface area contributed by atoms with Crippen LogP contribution in [0.2, 0.25) is 0 Å². The van der Waals surface area contributed by atoms with Gasteiger partial charge in [0.2, 0.25) is 0 Å². The molecule has 0 unspecified atom stereocenters. The molecule has 138 valence electrons. The van der Waals surface area contributed by atoms with Crippen LogP contribution < -0.4 is 15.6 Å². The quantitative estimate of drug-likeness (QED) is 0.337. The SMILES string of the molecule is Cc1cccc(C)c1N(CC(=O)NN)S(=O)(=O)c1cccc([N+](=O)[O-])c1. The monoisotopic (exact) mass is 378 g/mol. The highest BCUT2D eigenvalue weighted by Crippen LogP contribution is 2.30. The Hall–Kier alpha value is -2.98. The zero-order chi connectivity index (χ0) is 19.5. The molecule has 0 saturated heterocycles. The molecule has 0 aliphatic rings. The number of non-ortho nitro benzene ring substituents is 1. The molecule has 2 rings (SSSR count). The van der Waals surface area contributed by atoms with Gasteiger partial charge in [0.1, 0.15) is 6.54 Å². The topological polar surface area (TPSA) is 136 Å². The van der Waals surface area contributed by atoms with Crippen molar-refractivity contribution in [3.05, 3.63) is 63.7 Å². The van der Waals surface area contributed by atoms with Crippen LogP contribution in [0, 0.1) is 24.0 Å². The van der Waals surface area contributed by atoms with Crippen molar-refractivity contribution in [1.82, 2.24) is 5.43 Å². The fourth-order valence-electron chi connectivity index (χ4n) is 2.54. The molecule has 0 atom stereocenters. The van der Waals surface area contributed by atoms with Gasteiger partial charge in [0.25, 0.3) is 21.6 Å². The largest absolute Gasteiger partial charge is 0.293 e. The molecule has 3 N–H and O–H groups in total. The van der Waals surface area contributed by atoms with Crippen molar-refractivity contribution in [2.45, 2.75) is 18.7 Å². The van der Waals surface area contributed by atoms with Crippen LogP contribution in [-0.2, 0) is 14.8 Å². The van der Waals surface area contributed by atoms with Crippen LogP contribution in [-0.4, -0.2) is 25.8 Å². The molecule has 0 radical (unpaired) electrons. The summed E-state index contributed by atoms with van der Waals surface area (Å²) in [6.45, 7) is 2.85. The standard InChI is InChI=1S/C16H18N4O5S/c1-11-5-3-6-12(2)16(11)19(10-15(21)18-17)26(24,25)14-8-4-7-13(9-14)20(22)23/h3-9H,10,17H2,1-2H3,(H,18,21). The van der Waals surface area contributed by atoms with E-state index in [0.29, 0.717) is 16.8 Å². The lowest BCUT2D eigenvalue weighted by Crippen LogP contribution is -2.43. The lowest BCUT2D eigenvalue weighted by molar-refractivity contribution is -0.385. The molecule has 0 saturated carbocycles. The normalized spacial score (nSPS) is 11.0. The number of hydrogen-bond donors (Lipinski definition) is 2. The molecule has 9 nitrogen and oxygen atoms in total. The van der Waals surface area contributed by atoms with E-state index in [4.69, 9.17) is 5.84 Å². The number of sulfonamides is 1. The lowest BCUT2D eigenvalue weighted by Gasteiger charge is -2.26. The molecule has 0 aliphatic carbocycles. The van der Waals surface area contributed by atoms with E-state index >= 15 is 0 Å². The minimum atomic E-state index is -4.25. The first-order valence-corrected chi connectivity index (χ1v) is 8.95. The van der Waals surface area contributed by atoms with E-state index in [9.17, 15) is 23.3 Å². The highest BCUT2D eigenvalue weighted by Gasteiger charge is 2.30. The number of benzene rings is 2. The molecule has 26 heavy (non-hydrogen) atoms. The Morgan fingerprint density at radius 1 is 1.19 bits per heavy atom. The minimum Gasteiger partial charge on any atom is -0.293 e. The first kappa shape index (κ1) is 19.3. The number of hydrazine groups is 1. The molecular weight excluding hydrogens is 360 g/mol. The summed E-state index contributed by atoms with van der Waals surface area (Å²) in [7, 11) is -4.25. The van der Waals surface area contributed by atoms with Gasteiger partial charge in [-0.15, -0.1) is 0 Å². The van der Waals surface area contributed by atoms with Crippen molar-refractivity contribution in [2.75, 3.05) is 10.8 Å². The van der Waals surface area contributed by atoms with Gasteiger partial charge in [0.05, 0.1) is 15.5 Å². The first-order chi connectivity index (χ1) is 12.2. The third-order valence-corrected chi connectivity index (χ3v) is 5.50. The number of hydrogen-bond acceptors (Lipinski definition) is 6. The van der Waals surface area contributed by atoms with Crippen LogP contribution in [0.1, 0.15) is 11.1 Å². The molecule has 1 amide bonds. The van der Waals surface area contributed by atoms with E-state index in [1.165, 1.54) is 18.2 Å². The second-order valence-electron chi connectivity index (χ2n) is 5.57. The third-order valence-electron chi connectivity index (χ3n) is 3.75. The number of nitrogens with one attached hydrogen (secondary N) is 1. The Kier molecular flexibility index (Phi) is 5.58. The Bertz CT molecular complexity index is 939. The smallest absolute Gasteiger partial charge is 0.270 e. The molecule has 10 heteroatoms. The Labute approximate surface area is 150 Å². The van der Waals surface area contributed by atoms with Crippen LogP contribution in [0.4, 0.5) is 11.4 Å². The van der Waals surface area contributed by atoms with Crippen LogP contribution in [0.5, 0.6) is 0 Å². The van der Waals surface area contributed by atoms with Crippen molar-refractivity contribution in [3.8, 4) is 0 Å². The van der Waals surface area contributed by atoms with Gasteiger partial charge in [-0.1, -0.05) is 24.3 Å². The summed E-state index contributed by atoms with van der Waals surface area (Å²) in [5.41, 5.74) is 3.12. The maximum Gasteiger partial charge on any atom is 0.270 e. The zero-order valence-corrected chi connectivity index (χ0v) is 15.0. The Balaban J connectivity index is 2.66. The Morgan fingerprint density at radius 2 is 1.77 bits per heavy atom. The molecule has 0 fully saturated rings. The number of nitrogens with zero attached hydrogens (tertiary/aromatic N) is 2. The number of nitro groups is 1. The number of nitro benzene ring substituents is 1. The van der Waals surface area contributed by atoms with Gasteiger partial charge in [-0.3, -0.25) is 24.6 Å². The van der Waals surface area contributed by atoms with E-state index in [1.807, 2.05) is 5.43 Å². The molecule has 2 aromatic rings. The lowest BCUT2D eigenvalue weighted by atomic mass is 10.1. The number of carbonyl (C=O) groups excluding carboxylic acids is 1. The van der Waals surface area contributed by atoms with Gasteiger partial charge in [0.15, 0.2) is 0 Å². The highest BCUT2D eigenvalue weighted by atomic mass is 32.2. The summed E-state index contributed by atoms with van der Waals surface area (Å²) in [4.78, 5) is 21.8. The number of rotatable bonds is 6. The third kappa shape index (κ3) is 3.81. The maximum absolute atomic E-state index is 13.1. The fourth-order valence-corrected chi connectivity index (χ4v) is 4.13. The first-order valence-electron chi connectivity index (χ1n) is 7.51. The van der Waals surface area contributed by atoms with E-state index < -0.39 is 27.4 Å². The van der Waals surface area contributed by atoms with Gasteiger partial charge >= 0.3 is 0 Å². The second-order valence-corrected chi connectivity index (χ2v) is 7.44. The molecule has 0 bridgehead atoms. The van der Waals surface area contributed by atoms with Crippen LogP contribution in [0.3, 0.4) is 0 Å². The zero-order valence-electron chi connectivity index (χ0n) is 14.2. The Morgan fingerprint density at radius 3 is 2.31 bits per heavy atom. The average molecular weight is 378 g/mol. The van der Waals surface area contributed by atoms with E-state index in [1.54, 1.807) is 32.0 Å². The summed E-state index contributed by atoms with van der Waals surface area (Å²) in [5.74, 6) is 4.39. The van der Waals surface area contributed by atoms with E-state index in [0.717, 1.165) is 10.4 Å². The molecule has 0 heterocycles. The minimum absolute atomic E-state index is 0.292. The summed E-state index contributed by atoms with van der Waals surface area (Å²) in [6, 6.07) is 9.83. The molecule has 2 aromatic carbocycles. The predicted molar refractivity (Wildman–Crippen MR) is 95.9 cm³/mol. The predicted octanol–water partition coefficient (Wildman–Crippen LogP) is 1.40. The van der Waals surface area contributed by atoms with Crippen molar-refractivity contribution in [2.24, 2.45) is 5.84 Å². The summed E-state index contributed by atoms with van der Waals surface area (Å²) in [5, 5.41) is 11.0. The van der Waals surface area contributed by atoms with Crippen molar-refractivity contribution < 1.29 is 18.1 Å². The number of nitrogens with two attached hydrogens (primary N) is 1. The van der Waals surface area contributed by atoms with Crippen molar-refractivity contribution >= 4 is 27.3 Å². The molecular formula is C16H18N4O5S. The number of anilines is 1. The molecule has 0 spiro atoms. The average Bonchev–Trinajstić information content (AvgIpc) is 2.60. The van der Waals surface area contributed by atoms with Gasteiger partial charge < -0.3 is 0 Å². The van der Waals surface area contributed by atoms with Gasteiger partial charge in [0, 0.05) is 12.1 Å². The van der Waals surface area contributed by atoms with Gasteiger partial charge in [-0.05, 0) is 31.0 Å². The van der Waals surface area contributed by atoms with Crippen LogP contribution >= 0.6 is 0 Å². The van der Waals surface area contributed by atoms with Crippen molar-refractivity contribution in [1.29, 1.82) is 0 Å². The van der Waals surface area contributed by atoms with Gasteiger partial charge in [-0.25, -0.2) is 14.3 Å².